The van der Waals surface area contributed by atoms with Crippen LogP contribution in [0.3, 0.4) is 0 Å². The number of rotatable bonds is 10. The molecule has 0 saturated carbocycles. The largest absolute Gasteiger partial charge is 0.480 e. The van der Waals surface area contributed by atoms with Crippen LogP contribution >= 0.6 is 23.2 Å². The van der Waals surface area contributed by atoms with Crippen molar-refractivity contribution in [1.82, 2.24) is 14.5 Å². The van der Waals surface area contributed by atoms with E-state index in [9.17, 15) is 23.7 Å². The molecule has 4 rings (SSSR count). The number of halogens is 2. The molecule has 2 fully saturated rings. The van der Waals surface area contributed by atoms with Crippen LogP contribution in [0.25, 0.3) is 0 Å². The van der Waals surface area contributed by atoms with E-state index in [2.05, 4.69) is 10.2 Å². The Morgan fingerprint density at radius 2 is 1.67 bits per heavy atom. The number of nitrogens with zero attached hydrogens (tertiary/aromatic N) is 2. The van der Waals surface area contributed by atoms with Gasteiger partial charge in [0.15, 0.2) is 0 Å². The first kappa shape index (κ1) is 29.5. The predicted molar refractivity (Wildman–Crippen MR) is 148 cm³/mol. The van der Waals surface area contributed by atoms with Gasteiger partial charge >= 0.3 is 11.9 Å². The summed E-state index contributed by atoms with van der Waals surface area (Å²) in [7, 11) is -1.69. The number of likely N-dealkylation sites (tertiary alicyclic amines) is 1. The zero-order valence-corrected chi connectivity index (χ0v) is 23.6. The van der Waals surface area contributed by atoms with Gasteiger partial charge in [-0.1, -0.05) is 41.8 Å². The van der Waals surface area contributed by atoms with Gasteiger partial charge in [-0.25, -0.2) is 13.3 Å². The van der Waals surface area contributed by atoms with E-state index >= 15 is 0 Å². The van der Waals surface area contributed by atoms with Crippen LogP contribution in [0.4, 0.5) is 0 Å². The zero-order valence-electron chi connectivity index (χ0n) is 21.3. The van der Waals surface area contributed by atoms with Crippen molar-refractivity contribution in [3.63, 3.8) is 0 Å². The lowest BCUT2D eigenvalue weighted by Gasteiger charge is -2.25. The first-order valence-electron chi connectivity index (χ1n) is 12.9. The van der Waals surface area contributed by atoms with Crippen LogP contribution < -0.4 is 10.1 Å². The van der Waals surface area contributed by atoms with E-state index < -0.39 is 34.9 Å². The van der Waals surface area contributed by atoms with Gasteiger partial charge in [0.2, 0.25) is 5.91 Å². The predicted octanol–water partition coefficient (Wildman–Crippen LogP) is 3.68. The summed E-state index contributed by atoms with van der Waals surface area (Å²) in [6.45, 7) is 2.42. The Kier molecular flexibility index (Phi) is 10.4. The van der Waals surface area contributed by atoms with E-state index in [-0.39, 0.29) is 18.9 Å². The lowest BCUT2D eigenvalue weighted by atomic mass is 10.1. The monoisotopic (exact) mass is 595 g/mol. The maximum absolute atomic E-state index is 13.2. The molecule has 2 aromatic carbocycles. The summed E-state index contributed by atoms with van der Waals surface area (Å²) in [5, 5.41) is 13.0. The van der Waals surface area contributed by atoms with Crippen LogP contribution in [0.1, 0.15) is 37.7 Å². The van der Waals surface area contributed by atoms with Crippen molar-refractivity contribution in [3.05, 3.63) is 58.1 Å². The summed E-state index contributed by atoms with van der Waals surface area (Å²) in [4.78, 5) is 39.8. The summed E-state index contributed by atoms with van der Waals surface area (Å²) in [6.07, 6.45) is 4.45. The highest BCUT2D eigenvalue weighted by molar-refractivity contribution is 7.82. The molecule has 9 nitrogen and oxygen atoms in total. The number of benzene rings is 2. The van der Waals surface area contributed by atoms with Crippen molar-refractivity contribution in [1.29, 1.82) is 0 Å². The van der Waals surface area contributed by atoms with Crippen LogP contribution in [0.5, 0.6) is 5.75 Å². The number of nitrogens with one attached hydrogen (secondary N) is 1. The van der Waals surface area contributed by atoms with Gasteiger partial charge in [-0.2, -0.15) is 0 Å². The van der Waals surface area contributed by atoms with Gasteiger partial charge in [-0.15, -0.1) is 0 Å². The molecule has 0 aliphatic carbocycles. The summed E-state index contributed by atoms with van der Waals surface area (Å²) < 4.78 is 20.1. The number of aliphatic carboxylic acids is 1. The number of hydrogen-bond acceptors (Lipinski definition) is 6. The number of carboxylic acids is 1. The molecule has 2 aromatic rings. The molecule has 2 aliphatic rings. The Morgan fingerprint density at radius 3 is 2.31 bits per heavy atom. The van der Waals surface area contributed by atoms with Crippen LogP contribution in [0, 0.1) is 0 Å². The minimum atomic E-state index is -1.69. The molecule has 2 saturated heterocycles. The fourth-order valence-corrected chi connectivity index (χ4v) is 6.94. The van der Waals surface area contributed by atoms with E-state index in [0.29, 0.717) is 45.6 Å². The van der Waals surface area contributed by atoms with Crippen LogP contribution in [0.15, 0.2) is 47.4 Å². The second-order valence-corrected chi connectivity index (χ2v) is 12.0. The number of esters is 1. The van der Waals surface area contributed by atoms with E-state index in [4.69, 9.17) is 27.9 Å². The van der Waals surface area contributed by atoms with Crippen LogP contribution in [-0.4, -0.2) is 74.6 Å². The molecule has 3 atom stereocenters. The van der Waals surface area contributed by atoms with Crippen LogP contribution in [0.2, 0.25) is 10.0 Å². The molecule has 2 aliphatic heterocycles. The number of hydrogen-bond donors (Lipinski definition) is 2. The highest BCUT2D eigenvalue weighted by Crippen LogP contribution is 2.27. The molecule has 210 valence electrons. The van der Waals surface area contributed by atoms with Gasteiger partial charge in [0, 0.05) is 23.0 Å². The SMILES string of the molecule is O=C(CN1CCCCC1)Oc1ccc(C[C@H](NC(=O)[C@@H]2CCCN2S(=O)c2cc(Cl)cc(Cl)c2)C(=O)O)cc1. The second-order valence-electron chi connectivity index (χ2n) is 9.71. The van der Waals surface area contributed by atoms with Crippen molar-refractivity contribution in [2.24, 2.45) is 0 Å². The molecular formula is C27H31Cl2N3O6S. The maximum atomic E-state index is 13.2. The first-order valence-corrected chi connectivity index (χ1v) is 14.8. The summed E-state index contributed by atoms with van der Waals surface area (Å²) in [6, 6.07) is 9.22. The van der Waals surface area contributed by atoms with Crippen molar-refractivity contribution in [2.75, 3.05) is 26.2 Å². The molecule has 0 aromatic heterocycles. The molecule has 1 amide bonds. The van der Waals surface area contributed by atoms with Crippen molar-refractivity contribution in [2.45, 2.75) is 55.5 Å². The molecule has 39 heavy (non-hydrogen) atoms. The van der Waals surface area contributed by atoms with Gasteiger partial charge in [-0.3, -0.25) is 14.5 Å². The third kappa shape index (κ3) is 8.25. The Balaban J connectivity index is 1.34. The van der Waals surface area contributed by atoms with Crippen molar-refractivity contribution >= 4 is 52.0 Å². The summed E-state index contributed by atoms with van der Waals surface area (Å²) in [5.41, 5.74) is 0.652. The van der Waals surface area contributed by atoms with Gasteiger partial charge in [0.25, 0.3) is 0 Å². The molecule has 1 unspecified atom stereocenters. The van der Waals surface area contributed by atoms with Crippen LogP contribution in [-0.2, 0) is 31.8 Å². The van der Waals surface area contributed by atoms with Gasteiger partial charge in [-0.05, 0) is 74.7 Å². The molecule has 2 heterocycles. The third-order valence-corrected chi connectivity index (χ3v) is 8.71. The fraction of sp³-hybridized carbons (Fsp3) is 0.444. The lowest BCUT2D eigenvalue weighted by molar-refractivity contribution is -0.142. The minimum Gasteiger partial charge on any atom is -0.480 e. The number of amides is 1. The van der Waals surface area contributed by atoms with E-state index in [1.165, 1.54) is 28.9 Å². The Hall–Kier alpha value is -2.50. The highest BCUT2D eigenvalue weighted by atomic mass is 35.5. The van der Waals surface area contributed by atoms with E-state index in [1.54, 1.807) is 24.3 Å². The smallest absolute Gasteiger partial charge is 0.326 e. The van der Waals surface area contributed by atoms with Crippen molar-refractivity contribution in [3.8, 4) is 5.75 Å². The second kappa shape index (κ2) is 13.7. The number of ether oxygens (including phenoxy) is 1. The van der Waals surface area contributed by atoms with Gasteiger partial charge in [0.1, 0.15) is 28.8 Å². The van der Waals surface area contributed by atoms with Gasteiger partial charge < -0.3 is 15.2 Å². The average Bonchev–Trinajstić information content (AvgIpc) is 3.39. The van der Waals surface area contributed by atoms with Crippen molar-refractivity contribution < 1.29 is 28.4 Å². The molecule has 12 heteroatoms. The lowest BCUT2D eigenvalue weighted by Crippen LogP contribution is -2.50. The Labute approximate surface area is 240 Å². The van der Waals surface area contributed by atoms with E-state index in [1.807, 2.05) is 0 Å². The first-order chi connectivity index (χ1) is 18.7. The molecular weight excluding hydrogens is 565 g/mol. The number of carbonyl (C=O) groups is 3. The molecule has 0 bridgehead atoms. The van der Waals surface area contributed by atoms with E-state index in [0.717, 1.165) is 25.9 Å². The fourth-order valence-electron chi connectivity index (χ4n) is 4.83. The van der Waals surface area contributed by atoms with Gasteiger partial charge in [0.05, 0.1) is 11.4 Å². The topological polar surface area (TPSA) is 116 Å². The third-order valence-electron chi connectivity index (χ3n) is 6.77. The number of piperidine rings is 1. The normalized spacial score (nSPS) is 19.8. The average molecular weight is 597 g/mol. The summed E-state index contributed by atoms with van der Waals surface area (Å²) >= 11 is 12.1. The molecule has 0 radical (unpaired) electrons. The summed E-state index contributed by atoms with van der Waals surface area (Å²) in [5.74, 6) is -1.65. The molecule has 2 N–H and O–H groups in total. The number of carbonyl (C=O) groups excluding carboxylic acids is 2. The highest BCUT2D eigenvalue weighted by Gasteiger charge is 2.37. The zero-order chi connectivity index (χ0) is 27.9. The molecule has 0 spiro atoms. The Morgan fingerprint density at radius 1 is 1.00 bits per heavy atom. The number of carboxylic acid groups (broad SMARTS) is 1. The minimum absolute atomic E-state index is 0.0305. The quantitative estimate of drug-likeness (QED) is 0.318. The maximum Gasteiger partial charge on any atom is 0.326 e. The standard InChI is InChI=1S/C27H31Cl2N3O6S/c28-19-14-20(29)16-22(15-19)39(37)32-12-4-5-24(32)26(34)30-23(27(35)36)13-18-6-8-21(9-7-18)38-25(33)17-31-10-2-1-3-11-31/h6-9,14-16,23-24H,1-5,10-13,17H2,(H,30,34)(H,35,36)/t23-,24-,39?/m0/s1. The Bertz CT molecular complexity index is 1200.